The minimum absolute atomic E-state index is 0.216. The zero-order valence-electron chi connectivity index (χ0n) is 16.6. The van der Waals surface area contributed by atoms with Crippen LogP contribution in [0.25, 0.3) is 0 Å². The molecule has 0 unspecified atom stereocenters. The van der Waals surface area contributed by atoms with E-state index < -0.39 is 19.0 Å². The largest absolute Gasteiger partial charge is 0.459 e. The SMILES string of the molecule is CCCCCCCCc1ccc(C2CCC(C(=O)OCC(F)F)CC2)cc1. The molecule has 0 amide bonds. The third-order valence-corrected chi connectivity index (χ3v) is 5.68. The van der Waals surface area contributed by atoms with Gasteiger partial charge >= 0.3 is 5.97 Å². The average Bonchev–Trinajstić information content (AvgIpc) is 2.69. The Kier molecular flexibility index (Phi) is 9.79. The van der Waals surface area contributed by atoms with Crippen molar-refractivity contribution in [1.82, 2.24) is 0 Å². The van der Waals surface area contributed by atoms with Gasteiger partial charge in [0.05, 0.1) is 5.92 Å². The number of hydrogen-bond donors (Lipinski definition) is 0. The summed E-state index contributed by atoms with van der Waals surface area (Å²) in [4.78, 5) is 11.8. The van der Waals surface area contributed by atoms with E-state index in [1.165, 1.54) is 49.7 Å². The van der Waals surface area contributed by atoms with Crippen molar-refractivity contribution < 1.29 is 18.3 Å². The molecule has 0 atom stereocenters. The first-order chi connectivity index (χ1) is 13.1. The van der Waals surface area contributed by atoms with Gasteiger partial charge in [0.25, 0.3) is 6.43 Å². The Morgan fingerprint density at radius 1 is 1.00 bits per heavy atom. The highest BCUT2D eigenvalue weighted by molar-refractivity contribution is 5.72. The summed E-state index contributed by atoms with van der Waals surface area (Å²) >= 11 is 0. The van der Waals surface area contributed by atoms with E-state index in [-0.39, 0.29) is 5.92 Å². The highest BCUT2D eigenvalue weighted by Gasteiger charge is 2.28. The number of rotatable bonds is 11. The zero-order valence-corrected chi connectivity index (χ0v) is 16.6. The molecule has 0 bridgehead atoms. The van der Waals surface area contributed by atoms with Crippen LogP contribution in [0, 0.1) is 5.92 Å². The van der Waals surface area contributed by atoms with Crippen molar-refractivity contribution in [2.24, 2.45) is 5.92 Å². The fraction of sp³-hybridized carbons (Fsp3) is 0.696. The molecule has 1 aliphatic carbocycles. The smallest absolute Gasteiger partial charge is 0.309 e. The van der Waals surface area contributed by atoms with Crippen LogP contribution in [0.1, 0.15) is 88.2 Å². The van der Waals surface area contributed by atoms with Crippen LogP contribution in [0.2, 0.25) is 0 Å². The van der Waals surface area contributed by atoms with Crippen molar-refractivity contribution in [2.75, 3.05) is 6.61 Å². The number of carbonyl (C=O) groups excluding carboxylic acids is 1. The fourth-order valence-electron chi connectivity index (χ4n) is 3.99. The Balaban J connectivity index is 1.69. The summed E-state index contributed by atoms with van der Waals surface area (Å²) in [5.41, 5.74) is 2.74. The Labute approximate surface area is 162 Å². The summed E-state index contributed by atoms with van der Waals surface area (Å²) < 4.78 is 29.0. The van der Waals surface area contributed by atoms with Gasteiger partial charge in [-0.3, -0.25) is 4.79 Å². The maximum atomic E-state index is 12.1. The molecular formula is C23H34F2O2. The van der Waals surface area contributed by atoms with Gasteiger partial charge in [-0.05, 0) is 55.6 Å². The van der Waals surface area contributed by atoms with E-state index in [2.05, 4.69) is 35.9 Å². The van der Waals surface area contributed by atoms with E-state index in [1.807, 2.05) is 0 Å². The lowest BCUT2D eigenvalue weighted by molar-refractivity contribution is -0.153. The van der Waals surface area contributed by atoms with Crippen molar-refractivity contribution in [3.8, 4) is 0 Å². The molecule has 1 aliphatic rings. The van der Waals surface area contributed by atoms with E-state index in [1.54, 1.807) is 0 Å². The number of hydrogen-bond acceptors (Lipinski definition) is 2. The summed E-state index contributed by atoms with van der Waals surface area (Å²) in [6, 6.07) is 8.94. The van der Waals surface area contributed by atoms with Crippen LogP contribution in [0.3, 0.4) is 0 Å². The number of benzene rings is 1. The predicted molar refractivity (Wildman–Crippen MR) is 105 cm³/mol. The van der Waals surface area contributed by atoms with Gasteiger partial charge in [0.15, 0.2) is 6.61 Å². The van der Waals surface area contributed by atoms with Crippen LogP contribution >= 0.6 is 0 Å². The molecular weight excluding hydrogens is 346 g/mol. The average molecular weight is 381 g/mol. The number of carbonyl (C=O) groups is 1. The van der Waals surface area contributed by atoms with E-state index in [0.29, 0.717) is 5.92 Å². The summed E-state index contributed by atoms with van der Waals surface area (Å²) in [7, 11) is 0. The highest BCUT2D eigenvalue weighted by Crippen LogP contribution is 2.36. The highest BCUT2D eigenvalue weighted by atomic mass is 19.3. The molecule has 27 heavy (non-hydrogen) atoms. The van der Waals surface area contributed by atoms with Gasteiger partial charge in [0.1, 0.15) is 0 Å². The van der Waals surface area contributed by atoms with Crippen LogP contribution in [-0.4, -0.2) is 19.0 Å². The second-order valence-electron chi connectivity index (χ2n) is 7.83. The third-order valence-electron chi connectivity index (χ3n) is 5.68. The first kappa shape index (κ1) is 21.8. The lowest BCUT2D eigenvalue weighted by Crippen LogP contribution is -2.24. The minimum Gasteiger partial charge on any atom is -0.459 e. The Morgan fingerprint density at radius 2 is 1.63 bits per heavy atom. The van der Waals surface area contributed by atoms with Crippen LogP contribution < -0.4 is 0 Å². The van der Waals surface area contributed by atoms with Gasteiger partial charge in [-0.1, -0.05) is 63.3 Å². The topological polar surface area (TPSA) is 26.3 Å². The summed E-state index contributed by atoms with van der Waals surface area (Å²) in [5.74, 6) is -0.206. The van der Waals surface area contributed by atoms with Crippen molar-refractivity contribution >= 4 is 5.97 Å². The number of esters is 1. The molecule has 0 saturated heterocycles. The first-order valence-corrected chi connectivity index (χ1v) is 10.6. The molecule has 0 aliphatic heterocycles. The second kappa shape index (κ2) is 12.1. The maximum Gasteiger partial charge on any atom is 0.309 e. The van der Waals surface area contributed by atoms with Gasteiger partial charge in [-0.2, -0.15) is 0 Å². The van der Waals surface area contributed by atoms with Crippen molar-refractivity contribution in [1.29, 1.82) is 0 Å². The molecule has 0 N–H and O–H groups in total. The lowest BCUT2D eigenvalue weighted by atomic mass is 9.78. The van der Waals surface area contributed by atoms with Gasteiger partial charge in [-0.15, -0.1) is 0 Å². The van der Waals surface area contributed by atoms with Gasteiger partial charge in [0.2, 0.25) is 0 Å². The second-order valence-corrected chi connectivity index (χ2v) is 7.83. The molecule has 0 spiro atoms. The molecule has 1 fully saturated rings. The molecule has 0 heterocycles. The molecule has 1 saturated carbocycles. The predicted octanol–water partition coefficient (Wildman–Crippen LogP) is 6.67. The van der Waals surface area contributed by atoms with Crippen LogP contribution in [0.15, 0.2) is 24.3 Å². The monoisotopic (exact) mass is 380 g/mol. The van der Waals surface area contributed by atoms with E-state index in [0.717, 1.165) is 32.1 Å². The first-order valence-electron chi connectivity index (χ1n) is 10.6. The number of halogens is 2. The number of unbranched alkanes of at least 4 members (excludes halogenated alkanes) is 5. The summed E-state index contributed by atoms with van der Waals surface area (Å²) in [5, 5.41) is 0. The van der Waals surface area contributed by atoms with Crippen molar-refractivity contribution in [3.05, 3.63) is 35.4 Å². The van der Waals surface area contributed by atoms with Gasteiger partial charge in [0, 0.05) is 0 Å². The molecule has 2 rings (SSSR count). The standard InChI is InChI=1S/C23H34F2O2/c1-2-3-4-5-6-7-8-18-9-11-19(12-10-18)20-13-15-21(16-14-20)23(26)27-17-22(24)25/h9-12,20-22H,2-8,13-17H2,1H3. The van der Waals surface area contributed by atoms with Crippen LogP contribution in [0.4, 0.5) is 8.78 Å². The normalized spacial score (nSPS) is 20.0. The molecule has 152 valence electrons. The number of aryl methyl sites for hydroxylation is 1. The third kappa shape index (κ3) is 7.98. The van der Waals surface area contributed by atoms with Gasteiger partial charge < -0.3 is 4.74 Å². The Morgan fingerprint density at radius 3 is 2.26 bits per heavy atom. The summed E-state index contributed by atoms with van der Waals surface area (Å²) in [6.45, 7) is 1.46. The lowest BCUT2D eigenvalue weighted by Gasteiger charge is -2.27. The number of ether oxygens (including phenoxy) is 1. The maximum absolute atomic E-state index is 12.1. The molecule has 1 aromatic rings. The summed E-state index contributed by atoms with van der Waals surface area (Å²) in [6.07, 6.45) is 9.77. The van der Waals surface area contributed by atoms with E-state index in [4.69, 9.17) is 0 Å². The fourth-order valence-corrected chi connectivity index (χ4v) is 3.99. The zero-order chi connectivity index (χ0) is 19.5. The van der Waals surface area contributed by atoms with Crippen LogP contribution in [0.5, 0.6) is 0 Å². The number of alkyl halides is 2. The molecule has 0 radical (unpaired) electrons. The quantitative estimate of drug-likeness (QED) is 0.316. The molecule has 2 nitrogen and oxygen atoms in total. The molecule has 0 aromatic heterocycles. The van der Waals surface area contributed by atoms with Crippen LogP contribution in [-0.2, 0) is 16.0 Å². The molecule has 1 aromatic carbocycles. The van der Waals surface area contributed by atoms with Crippen molar-refractivity contribution in [3.63, 3.8) is 0 Å². The van der Waals surface area contributed by atoms with E-state index >= 15 is 0 Å². The van der Waals surface area contributed by atoms with E-state index in [9.17, 15) is 13.6 Å². The van der Waals surface area contributed by atoms with Gasteiger partial charge in [-0.25, -0.2) is 8.78 Å². The Bertz CT molecular complexity index is 534. The Hall–Kier alpha value is -1.45. The van der Waals surface area contributed by atoms with Crippen molar-refractivity contribution in [2.45, 2.75) is 89.9 Å². The minimum atomic E-state index is -2.58. The molecule has 4 heteroatoms.